The lowest BCUT2D eigenvalue weighted by Crippen LogP contribution is -2.20. The molecule has 0 spiro atoms. The van der Waals surface area contributed by atoms with Gasteiger partial charge in [-0.2, -0.15) is 0 Å². The van der Waals surface area contributed by atoms with Crippen molar-refractivity contribution in [2.24, 2.45) is 0 Å². The number of aryl methyl sites for hydroxylation is 1. The molecule has 0 heterocycles. The van der Waals surface area contributed by atoms with E-state index in [2.05, 4.69) is 50.9 Å². The van der Waals surface area contributed by atoms with Crippen molar-refractivity contribution in [2.45, 2.75) is 26.7 Å². The van der Waals surface area contributed by atoms with Crippen molar-refractivity contribution in [3.63, 3.8) is 0 Å². The van der Waals surface area contributed by atoms with Crippen molar-refractivity contribution < 1.29 is 4.74 Å². The highest BCUT2D eigenvalue weighted by Crippen LogP contribution is 2.23. The van der Waals surface area contributed by atoms with Crippen LogP contribution in [-0.2, 0) is 0 Å². The lowest BCUT2D eigenvalue weighted by molar-refractivity contribution is 0.316. The molecule has 2 heteroatoms. The van der Waals surface area contributed by atoms with Gasteiger partial charge >= 0.3 is 0 Å². The molecule has 0 radical (unpaired) electrons. The van der Waals surface area contributed by atoms with Gasteiger partial charge in [-0.05, 0) is 36.1 Å². The highest BCUT2D eigenvalue weighted by molar-refractivity contribution is 5.36. The maximum atomic E-state index is 5.67. The van der Waals surface area contributed by atoms with Crippen molar-refractivity contribution in [2.75, 3.05) is 19.7 Å². The van der Waals surface area contributed by atoms with E-state index in [1.54, 1.807) is 0 Å². The molecule has 0 bridgehead atoms. The van der Waals surface area contributed by atoms with Crippen LogP contribution in [0.4, 0.5) is 0 Å². The fourth-order valence-corrected chi connectivity index (χ4v) is 1.83. The van der Waals surface area contributed by atoms with E-state index in [1.165, 1.54) is 11.1 Å². The summed E-state index contributed by atoms with van der Waals surface area (Å²) in [6.45, 7) is 12.6. The number of benzene rings is 1. The topological polar surface area (TPSA) is 21.3 Å². The fourth-order valence-electron chi connectivity index (χ4n) is 1.83. The second-order valence-electron chi connectivity index (χ2n) is 4.51. The number of hydrogen-bond acceptors (Lipinski definition) is 2. The summed E-state index contributed by atoms with van der Waals surface area (Å²) in [5.41, 5.74) is 2.69. The van der Waals surface area contributed by atoms with Gasteiger partial charge in [0.15, 0.2) is 0 Å². The average molecular weight is 233 g/mol. The van der Waals surface area contributed by atoms with Gasteiger partial charge in [0.2, 0.25) is 0 Å². The first-order valence-electron chi connectivity index (χ1n) is 6.20. The van der Waals surface area contributed by atoms with Crippen LogP contribution in [0.15, 0.2) is 30.9 Å². The van der Waals surface area contributed by atoms with E-state index in [1.807, 2.05) is 6.08 Å². The van der Waals surface area contributed by atoms with Crippen LogP contribution < -0.4 is 10.1 Å². The minimum Gasteiger partial charge on any atom is -0.492 e. The summed E-state index contributed by atoms with van der Waals surface area (Å²) in [7, 11) is 0. The predicted molar refractivity (Wildman–Crippen MR) is 73.8 cm³/mol. The predicted octanol–water partition coefficient (Wildman–Crippen LogP) is 3.27. The van der Waals surface area contributed by atoms with Crippen molar-refractivity contribution in [3.05, 3.63) is 42.0 Å². The van der Waals surface area contributed by atoms with Gasteiger partial charge in [-0.3, -0.25) is 0 Å². The van der Waals surface area contributed by atoms with Gasteiger partial charge in [-0.1, -0.05) is 26.0 Å². The molecular weight excluding hydrogens is 210 g/mol. The van der Waals surface area contributed by atoms with E-state index in [0.29, 0.717) is 12.5 Å². The summed E-state index contributed by atoms with van der Waals surface area (Å²) >= 11 is 0. The fraction of sp³-hybridized carbons (Fsp3) is 0.467. The molecule has 0 saturated heterocycles. The molecule has 0 fully saturated rings. The average Bonchev–Trinajstić information content (AvgIpc) is 2.28. The van der Waals surface area contributed by atoms with Crippen LogP contribution in [-0.4, -0.2) is 19.7 Å². The Morgan fingerprint density at radius 3 is 2.76 bits per heavy atom. The molecule has 0 aliphatic rings. The Morgan fingerprint density at radius 1 is 1.41 bits per heavy atom. The maximum absolute atomic E-state index is 5.67. The van der Waals surface area contributed by atoms with Crippen molar-refractivity contribution in [3.8, 4) is 5.75 Å². The minimum atomic E-state index is 0.568. The third-order valence-electron chi connectivity index (χ3n) is 2.70. The molecule has 17 heavy (non-hydrogen) atoms. The number of rotatable bonds is 7. The van der Waals surface area contributed by atoms with E-state index in [-0.39, 0.29) is 0 Å². The van der Waals surface area contributed by atoms with Gasteiger partial charge < -0.3 is 10.1 Å². The Bertz CT molecular complexity index is 358. The van der Waals surface area contributed by atoms with Crippen LogP contribution in [0.1, 0.15) is 30.9 Å². The summed E-state index contributed by atoms with van der Waals surface area (Å²) in [6, 6.07) is 6.32. The first-order valence-corrected chi connectivity index (χ1v) is 6.20. The molecule has 0 unspecified atom stereocenters. The SMILES string of the molecule is C=CCNCCOc1ccc(C(C)C)c(C)c1. The summed E-state index contributed by atoms with van der Waals surface area (Å²) in [6.07, 6.45) is 1.85. The van der Waals surface area contributed by atoms with Crippen LogP contribution in [0.25, 0.3) is 0 Å². The van der Waals surface area contributed by atoms with Gasteiger partial charge in [0.25, 0.3) is 0 Å². The minimum absolute atomic E-state index is 0.568. The lowest BCUT2D eigenvalue weighted by atomic mass is 9.98. The van der Waals surface area contributed by atoms with E-state index in [9.17, 15) is 0 Å². The third kappa shape index (κ3) is 4.61. The van der Waals surface area contributed by atoms with E-state index >= 15 is 0 Å². The Morgan fingerprint density at radius 2 is 2.18 bits per heavy atom. The molecule has 0 atom stereocenters. The first-order chi connectivity index (χ1) is 8.15. The zero-order valence-electron chi connectivity index (χ0n) is 11.1. The standard InChI is InChI=1S/C15H23NO/c1-5-8-16-9-10-17-14-6-7-15(12(2)3)13(4)11-14/h5-7,11-12,16H,1,8-10H2,2-4H3. The zero-order chi connectivity index (χ0) is 12.7. The van der Waals surface area contributed by atoms with Gasteiger partial charge in [-0.15, -0.1) is 6.58 Å². The van der Waals surface area contributed by atoms with Crippen LogP contribution in [0.2, 0.25) is 0 Å². The number of hydrogen-bond donors (Lipinski definition) is 1. The van der Waals surface area contributed by atoms with Crippen molar-refractivity contribution in [1.82, 2.24) is 5.32 Å². The molecule has 0 amide bonds. The van der Waals surface area contributed by atoms with Gasteiger partial charge in [0, 0.05) is 13.1 Å². The monoisotopic (exact) mass is 233 g/mol. The largest absolute Gasteiger partial charge is 0.492 e. The molecule has 0 aromatic heterocycles. The summed E-state index contributed by atoms with van der Waals surface area (Å²) in [4.78, 5) is 0. The molecule has 1 N–H and O–H groups in total. The molecule has 0 saturated carbocycles. The third-order valence-corrected chi connectivity index (χ3v) is 2.70. The van der Waals surface area contributed by atoms with Crippen LogP contribution >= 0.6 is 0 Å². The van der Waals surface area contributed by atoms with E-state index < -0.39 is 0 Å². The van der Waals surface area contributed by atoms with Gasteiger partial charge in [0.05, 0.1) is 0 Å². The Hall–Kier alpha value is -1.28. The summed E-state index contributed by atoms with van der Waals surface area (Å²) in [5.74, 6) is 1.52. The molecule has 0 aliphatic carbocycles. The second kappa shape index (κ2) is 7.13. The number of ether oxygens (including phenoxy) is 1. The summed E-state index contributed by atoms with van der Waals surface area (Å²) in [5, 5.41) is 3.21. The van der Waals surface area contributed by atoms with Crippen LogP contribution in [0.3, 0.4) is 0 Å². The Balaban J connectivity index is 2.44. The second-order valence-corrected chi connectivity index (χ2v) is 4.51. The molecule has 1 aromatic rings. The zero-order valence-corrected chi connectivity index (χ0v) is 11.1. The molecule has 0 aliphatic heterocycles. The van der Waals surface area contributed by atoms with E-state index in [4.69, 9.17) is 4.74 Å². The smallest absolute Gasteiger partial charge is 0.119 e. The van der Waals surface area contributed by atoms with E-state index in [0.717, 1.165) is 18.8 Å². The lowest BCUT2D eigenvalue weighted by Gasteiger charge is -2.12. The molecular formula is C15H23NO. The van der Waals surface area contributed by atoms with Gasteiger partial charge in [0.1, 0.15) is 12.4 Å². The van der Waals surface area contributed by atoms with Crippen molar-refractivity contribution in [1.29, 1.82) is 0 Å². The molecule has 94 valence electrons. The normalized spacial score (nSPS) is 10.6. The quantitative estimate of drug-likeness (QED) is 0.576. The Labute approximate surface area is 105 Å². The molecule has 2 nitrogen and oxygen atoms in total. The van der Waals surface area contributed by atoms with Crippen LogP contribution in [0, 0.1) is 6.92 Å². The molecule has 1 rings (SSSR count). The molecule has 1 aromatic carbocycles. The highest BCUT2D eigenvalue weighted by atomic mass is 16.5. The van der Waals surface area contributed by atoms with Gasteiger partial charge in [-0.25, -0.2) is 0 Å². The Kier molecular flexibility index (Phi) is 5.78. The van der Waals surface area contributed by atoms with Crippen LogP contribution in [0.5, 0.6) is 5.75 Å². The van der Waals surface area contributed by atoms with Crippen molar-refractivity contribution >= 4 is 0 Å². The maximum Gasteiger partial charge on any atom is 0.119 e. The first kappa shape index (κ1) is 13.8. The summed E-state index contributed by atoms with van der Waals surface area (Å²) < 4.78 is 5.67. The highest BCUT2D eigenvalue weighted by Gasteiger charge is 2.04. The number of nitrogens with one attached hydrogen (secondary N) is 1.